The Morgan fingerprint density at radius 2 is 1.63 bits per heavy atom. The maximum Gasteiger partial charge on any atom is 0.408 e. The summed E-state index contributed by atoms with van der Waals surface area (Å²) in [5, 5.41) is 0.0820. The van der Waals surface area contributed by atoms with Gasteiger partial charge in [-0.2, -0.15) is 0 Å². The maximum absolute atomic E-state index is 13.7. The van der Waals surface area contributed by atoms with Crippen molar-refractivity contribution >= 4 is 46.7 Å². The van der Waals surface area contributed by atoms with Crippen LogP contribution >= 0.6 is 11.6 Å². The highest BCUT2D eigenvalue weighted by Gasteiger charge is 2.58. The average molecular weight is 559 g/mol. The van der Waals surface area contributed by atoms with E-state index in [1.807, 2.05) is 12.1 Å². The Bertz CT molecular complexity index is 1250. The Morgan fingerprint density at radius 1 is 1.08 bits per heavy atom. The van der Waals surface area contributed by atoms with Crippen LogP contribution in [0.3, 0.4) is 0 Å². The average Bonchev–Trinajstić information content (AvgIpc) is 2.89. The summed E-state index contributed by atoms with van der Waals surface area (Å²) in [5.74, 6) is -1.85. The van der Waals surface area contributed by atoms with E-state index in [1.165, 1.54) is 0 Å². The lowest BCUT2D eigenvalue weighted by molar-refractivity contribution is -0.154. The number of benzene rings is 2. The van der Waals surface area contributed by atoms with Crippen LogP contribution in [0.2, 0.25) is 0 Å². The standard InChI is InChI=1S/C27H27ClN2O7S/c1-27(2,3)37-26(34)29-20-23(32)30-21(18(19(28)14-31)15-38(35)24(20)30)25(33)36-22(16-10-6-4-7-11-16)17-12-8-5-9-13-17/h4-14,19-20,22,24H,15H2,1-3H3,(H,29,34). The fraction of sp³-hybridized carbons (Fsp3) is 0.333. The van der Waals surface area contributed by atoms with Gasteiger partial charge in [-0.05, 0) is 37.5 Å². The van der Waals surface area contributed by atoms with Crippen molar-refractivity contribution in [2.75, 3.05) is 5.75 Å². The summed E-state index contributed by atoms with van der Waals surface area (Å²) in [4.78, 5) is 51.8. The first-order chi connectivity index (χ1) is 18.0. The fourth-order valence-electron chi connectivity index (χ4n) is 4.27. The first kappa shape index (κ1) is 27.5. The van der Waals surface area contributed by atoms with Crippen molar-refractivity contribution in [3.8, 4) is 0 Å². The predicted octanol–water partition coefficient (Wildman–Crippen LogP) is 3.20. The van der Waals surface area contributed by atoms with E-state index in [-0.39, 0.29) is 17.0 Å². The van der Waals surface area contributed by atoms with Gasteiger partial charge in [0.05, 0.1) is 16.6 Å². The van der Waals surface area contributed by atoms with Crippen LogP contribution in [0.4, 0.5) is 4.79 Å². The molecule has 11 heteroatoms. The van der Waals surface area contributed by atoms with Crippen LogP contribution in [0.1, 0.15) is 38.0 Å². The van der Waals surface area contributed by atoms with Crippen LogP contribution in [0.25, 0.3) is 0 Å². The number of β-lactam (4-membered cyclic amide) rings is 1. The van der Waals surface area contributed by atoms with E-state index in [0.717, 1.165) is 4.90 Å². The number of fused-ring (bicyclic) bond motifs is 1. The third-order valence-electron chi connectivity index (χ3n) is 5.90. The molecule has 2 aliphatic heterocycles. The summed E-state index contributed by atoms with van der Waals surface area (Å²) in [7, 11) is -1.77. The summed E-state index contributed by atoms with van der Waals surface area (Å²) in [6.07, 6.45) is -1.29. The molecule has 4 atom stereocenters. The number of esters is 1. The Morgan fingerprint density at radius 3 is 2.13 bits per heavy atom. The number of halogens is 1. The molecule has 0 aliphatic carbocycles. The molecule has 38 heavy (non-hydrogen) atoms. The van der Waals surface area contributed by atoms with E-state index in [4.69, 9.17) is 21.1 Å². The molecule has 0 radical (unpaired) electrons. The van der Waals surface area contributed by atoms with Gasteiger partial charge in [-0.3, -0.25) is 13.9 Å². The zero-order valence-electron chi connectivity index (χ0n) is 21.0. The molecule has 2 aromatic rings. The van der Waals surface area contributed by atoms with Gasteiger partial charge in [0.25, 0.3) is 5.91 Å². The molecule has 0 aromatic heterocycles. The number of hydrogen-bond acceptors (Lipinski definition) is 7. The first-order valence-electron chi connectivity index (χ1n) is 11.8. The van der Waals surface area contributed by atoms with Crippen LogP contribution in [0.5, 0.6) is 0 Å². The SMILES string of the molecule is CC(C)(C)OC(=O)NC1C(=O)N2C(C(=O)OC(c3ccccc3)c3ccccc3)=C(C(Cl)C=O)CS(=O)C12. The van der Waals surface area contributed by atoms with Gasteiger partial charge >= 0.3 is 12.1 Å². The molecule has 1 saturated heterocycles. The van der Waals surface area contributed by atoms with Gasteiger partial charge in [-0.15, -0.1) is 11.6 Å². The van der Waals surface area contributed by atoms with Gasteiger partial charge < -0.3 is 19.6 Å². The topological polar surface area (TPSA) is 119 Å². The Labute approximate surface area is 227 Å². The van der Waals surface area contributed by atoms with E-state index in [9.17, 15) is 23.4 Å². The van der Waals surface area contributed by atoms with Crippen molar-refractivity contribution in [3.63, 3.8) is 0 Å². The zero-order valence-corrected chi connectivity index (χ0v) is 22.5. The summed E-state index contributed by atoms with van der Waals surface area (Å²) in [6.45, 7) is 5.00. The van der Waals surface area contributed by atoms with E-state index in [1.54, 1.807) is 69.3 Å². The minimum Gasteiger partial charge on any atom is -0.448 e. The number of carbonyl (C=O) groups excluding carboxylic acids is 4. The minimum absolute atomic E-state index is 0.0187. The zero-order chi connectivity index (χ0) is 27.6. The lowest BCUT2D eigenvalue weighted by atomic mass is 10.00. The van der Waals surface area contributed by atoms with E-state index in [0.29, 0.717) is 17.4 Å². The summed E-state index contributed by atoms with van der Waals surface area (Å²) < 4.78 is 24.3. The highest BCUT2D eigenvalue weighted by Crippen LogP contribution is 2.38. The second kappa shape index (κ2) is 11.1. The van der Waals surface area contributed by atoms with E-state index < -0.39 is 57.3 Å². The molecule has 1 N–H and O–H groups in total. The number of nitrogens with one attached hydrogen (secondary N) is 1. The molecule has 0 bridgehead atoms. The van der Waals surface area contributed by atoms with Crippen molar-refractivity contribution in [1.82, 2.24) is 10.2 Å². The molecule has 0 spiro atoms. The second-order valence-corrected chi connectivity index (χ2v) is 11.8. The molecule has 0 saturated carbocycles. The van der Waals surface area contributed by atoms with E-state index in [2.05, 4.69) is 5.32 Å². The van der Waals surface area contributed by atoms with Gasteiger partial charge in [0.1, 0.15) is 34.4 Å². The molecule has 2 aliphatic rings. The Hall–Kier alpha value is -3.50. The minimum atomic E-state index is -1.77. The number of aldehydes is 1. The van der Waals surface area contributed by atoms with Crippen molar-refractivity contribution in [1.29, 1.82) is 0 Å². The van der Waals surface area contributed by atoms with Crippen LogP contribution in [-0.2, 0) is 34.7 Å². The predicted molar refractivity (Wildman–Crippen MR) is 140 cm³/mol. The van der Waals surface area contributed by atoms with Crippen molar-refractivity contribution in [2.45, 2.75) is 49.3 Å². The molecule has 9 nitrogen and oxygen atoms in total. The van der Waals surface area contributed by atoms with Crippen molar-refractivity contribution < 1.29 is 32.9 Å². The molecule has 2 amide bonds. The number of alkyl carbamates (subject to hydrolysis) is 1. The van der Waals surface area contributed by atoms with Crippen LogP contribution < -0.4 is 5.32 Å². The van der Waals surface area contributed by atoms with Gasteiger partial charge in [0, 0.05) is 0 Å². The summed E-state index contributed by atoms with van der Waals surface area (Å²) in [6, 6.07) is 16.9. The highest BCUT2D eigenvalue weighted by molar-refractivity contribution is 7.86. The normalized spacial score (nSPS) is 21.8. The molecular weight excluding hydrogens is 532 g/mol. The largest absolute Gasteiger partial charge is 0.448 e. The van der Waals surface area contributed by atoms with Crippen LogP contribution in [-0.4, -0.2) is 61.5 Å². The van der Waals surface area contributed by atoms with E-state index >= 15 is 0 Å². The summed E-state index contributed by atoms with van der Waals surface area (Å²) >= 11 is 6.20. The number of carbonyl (C=O) groups is 4. The van der Waals surface area contributed by atoms with Gasteiger partial charge in [0.2, 0.25) is 0 Å². The van der Waals surface area contributed by atoms with Crippen LogP contribution in [0.15, 0.2) is 71.9 Å². The van der Waals surface area contributed by atoms with Crippen molar-refractivity contribution in [2.24, 2.45) is 0 Å². The number of nitrogens with zero attached hydrogens (tertiary/aromatic N) is 1. The summed E-state index contributed by atoms with van der Waals surface area (Å²) in [5.41, 5.74) is 0.324. The van der Waals surface area contributed by atoms with Crippen molar-refractivity contribution in [3.05, 3.63) is 83.1 Å². The molecule has 4 rings (SSSR count). The molecular formula is C27H27ClN2O7S. The quantitative estimate of drug-likeness (QED) is 0.240. The lowest BCUT2D eigenvalue weighted by Gasteiger charge is -2.49. The number of amides is 2. The number of rotatable bonds is 7. The second-order valence-electron chi connectivity index (χ2n) is 9.77. The molecule has 2 heterocycles. The lowest BCUT2D eigenvalue weighted by Crippen LogP contribution is -2.74. The Kier molecular flexibility index (Phi) is 8.03. The molecule has 200 valence electrons. The van der Waals surface area contributed by atoms with Gasteiger partial charge in [0.15, 0.2) is 6.10 Å². The molecule has 2 aromatic carbocycles. The van der Waals surface area contributed by atoms with Crippen LogP contribution in [0, 0.1) is 0 Å². The van der Waals surface area contributed by atoms with Gasteiger partial charge in [-0.25, -0.2) is 9.59 Å². The third-order valence-corrected chi connectivity index (χ3v) is 7.89. The maximum atomic E-state index is 13.7. The number of alkyl halides is 1. The highest BCUT2D eigenvalue weighted by atomic mass is 35.5. The molecule has 1 fully saturated rings. The Balaban J connectivity index is 1.67. The number of hydrogen-bond donors (Lipinski definition) is 1. The third kappa shape index (κ3) is 5.66. The first-order valence-corrected chi connectivity index (χ1v) is 13.7. The monoisotopic (exact) mass is 558 g/mol. The number of ether oxygens (including phenoxy) is 2. The fourth-order valence-corrected chi connectivity index (χ4v) is 6.27. The smallest absolute Gasteiger partial charge is 0.408 e. The molecule has 4 unspecified atom stereocenters. The van der Waals surface area contributed by atoms with Gasteiger partial charge in [-0.1, -0.05) is 60.7 Å².